The summed E-state index contributed by atoms with van der Waals surface area (Å²) in [5, 5.41) is 0. The quantitative estimate of drug-likeness (QED) is 0.637. The highest BCUT2D eigenvalue weighted by molar-refractivity contribution is 7.17. The molecule has 0 amide bonds. The maximum absolute atomic E-state index is 13.6. The molecule has 136 valence electrons. The highest BCUT2D eigenvalue weighted by atomic mass is 32.1. The van der Waals surface area contributed by atoms with Crippen molar-refractivity contribution in [3.8, 4) is 5.75 Å². The normalized spacial score (nSPS) is 11.1. The number of carbonyl (C=O) groups is 1. The first-order valence-corrected chi connectivity index (χ1v) is 8.74. The van der Waals surface area contributed by atoms with Gasteiger partial charge in [0, 0.05) is 35.4 Å². The van der Waals surface area contributed by atoms with Crippen LogP contribution < -0.4 is 10.3 Å². The first kappa shape index (κ1) is 18.2. The van der Waals surface area contributed by atoms with E-state index in [1.807, 2.05) is 0 Å². The highest BCUT2D eigenvalue weighted by Crippen LogP contribution is 2.25. The predicted octanol–water partition coefficient (Wildman–Crippen LogP) is 3.53. The van der Waals surface area contributed by atoms with Crippen LogP contribution in [0.25, 0.3) is 4.96 Å². The molecular weight excluding hydrogens is 362 g/mol. The number of aromatic nitrogens is 2. The Bertz CT molecular complexity index is 1070. The molecule has 0 aliphatic rings. The van der Waals surface area contributed by atoms with Gasteiger partial charge in [-0.05, 0) is 13.0 Å². The molecule has 0 fully saturated rings. The van der Waals surface area contributed by atoms with Crippen LogP contribution in [-0.2, 0) is 6.42 Å². The molecule has 8 heteroatoms. The molecule has 3 aromatic rings. The molecule has 1 aromatic carbocycles. The van der Waals surface area contributed by atoms with Crippen molar-refractivity contribution in [1.29, 1.82) is 0 Å². The molecule has 0 saturated carbocycles. The first-order chi connectivity index (χ1) is 12.3. The summed E-state index contributed by atoms with van der Waals surface area (Å²) in [7, 11) is 1.35. The van der Waals surface area contributed by atoms with E-state index in [1.165, 1.54) is 28.9 Å². The number of fused-ring (bicyclic) bond motifs is 1. The number of Topliss-reactive ketones (excluding diaryl/α,β-unsaturated/α-hetero) is 1. The third kappa shape index (κ3) is 3.12. The molecule has 26 heavy (non-hydrogen) atoms. The monoisotopic (exact) mass is 378 g/mol. The van der Waals surface area contributed by atoms with Gasteiger partial charge in [0.25, 0.3) is 5.56 Å². The van der Waals surface area contributed by atoms with Gasteiger partial charge in [-0.15, -0.1) is 11.3 Å². The van der Waals surface area contributed by atoms with E-state index in [4.69, 9.17) is 4.74 Å². The van der Waals surface area contributed by atoms with Crippen LogP contribution in [0.1, 0.15) is 40.0 Å². The molecule has 0 saturated heterocycles. The summed E-state index contributed by atoms with van der Waals surface area (Å²) in [6, 6.07) is 3.29. The van der Waals surface area contributed by atoms with Gasteiger partial charge in [-0.1, -0.05) is 6.92 Å². The SMILES string of the molecule is CCC(=O)c1c(C)sc2nc(Cc3cc(F)c(F)cc3OC)cc(=O)n12. The molecular formula is C18H16F2N2O3S. The zero-order chi connectivity index (χ0) is 19.0. The number of aryl methyl sites for hydroxylation is 1. The van der Waals surface area contributed by atoms with E-state index in [0.717, 1.165) is 12.1 Å². The van der Waals surface area contributed by atoms with E-state index in [0.29, 0.717) is 26.8 Å². The molecule has 0 spiro atoms. The summed E-state index contributed by atoms with van der Waals surface area (Å²) in [6.07, 6.45) is 0.382. The number of ketones is 1. The van der Waals surface area contributed by atoms with Crippen LogP contribution in [0, 0.1) is 18.6 Å². The molecule has 0 aliphatic heterocycles. The lowest BCUT2D eigenvalue weighted by molar-refractivity contribution is 0.0982. The fraction of sp³-hybridized carbons (Fsp3) is 0.278. The van der Waals surface area contributed by atoms with Gasteiger partial charge in [0.1, 0.15) is 11.4 Å². The average Bonchev–Trinajstić information content (AvgIpc) is 2.93. The third-order valence-electron chi connectivity index (χ3n) is 4.02. The minimum atomic E-state index is -1.01. The van der Waals surface area contributed by atoms with Crippen molar-refractivity contribution in [3.05, 3.63) is 62.0 Å². The number of nitrogens with zero attached hydrogens (tertiary/aromatic N) is 2. The second-order valence-electron chi connectivity index (χ2n) is 5.74. The number of rotatable bonds is 5. The van der Waals surface area contributed by atoms with Crippen molar-refractivity contribution in [1.82, 2.24) is 9.38 Å². The van der Waals surface area contributed by atoms with Crippen molar-refractivity contribution >= 4 is 22.1 Å². The molecule has 0 atom stereocenters. The van der Waals surface area contributed by atoms with E-state index in [-0.39, 0.29) is 29.9 Å². The van der Waals surface area contributed by atoms with Crippen molar-refractivity contribution in [2.75, 3.05) is 7.11 Å². The van der Waals surface area contributed by atoms with Crippen LogP contribution in [-0.4, -0.2) is 22.3 Å². The Labute approximate surface area is 151 Å². The van der Waals surface area contributed by atoms with Gasteiger partial charge in [0.15, 0.2) is 22.4 Å². The van der Waals surface area contributed by atoms with Gasteiger partial charge < -0.3 is 4.74 Å². The number of methoxy groups -OCH3 is 1. The van der Waals surface area contributed by atoms with Crippen LogP contribution in [0.15, 0.2) is 23.0 Å². The van der Waals surface area contributed by atoms with Gasteiger partial charge in [0.2, 0.25) is 0 Å². The average molecular weight is 378 g/mol. The molecule has 0 aliphatic carbocycles. The van der Waals surface area contributed by atoms with E-state index < -0.39 is 11.6 Å². The predicted molar refractivity (Wildman–Crippen MR) is 94.4 cm³/mol. The van der Waals surface area contributed by atoms with Crippen LogP contribution in [0.4, 0.5) is 8.78 Å². The Morgan fingerprint density at radius 2 is 1.96 bits per heavy atom. The number of halogens is 2. The highest BCUT2D eigenvalue weighted by Gasteiger charge is 2.19. The van der Waals surface area contributed by atoms with Crippen molar-refractivity contribution in [3.63, 3.8) is 0 Å². The Morgan fingerprint density at radius 1 is 1.27 bits per heavy atom. The summed E-state index contributed by atoms with van der Waals surface area (Å²) in [5.41, 5.74) is 0.728. The molecule has 3 rings (SSSR count). The lowest BCUT2D eigenvalue weighted by Crippen LogP contribution is -2.19. The second-order valence-corrected chi connectivity index (χ2v) is 6.92. The second kappa shape index (κ2) is 6.95. The Hall–Kier alpha value is -2.61. The van der Waals surface area contributed by atoms with Gasteiger partial charge in [-0.3, -0.25) is 9.59 Å². The number of ether oxygens (including phenoxy) is 1. The largest absolute Gasteiger partial charge is 0.496 e. The van der Waals surface area contributed by atoms with Crippen molar-refractivity contribution in [2.24, 2.45) is 0 Å². The summed E-state index contributed by atoms with van der Waals surface area (Å²) >= 11 is 1.24. The minimum Gasteiger partial charge on any atom is -0.496 e. The Morgan fingerprint density at radius 3 is 2.62 bits per heavy atom. The molecule has 0 N–H and O–H groups in total. The maximum Gasteiger partial charge on any atom is 0.259 e. The summed E-state index contributed by atoms with van der Waals surface area (Å²) in [4.78, 5) is 30.2. The van der Waals surface area contributed by atoms with Crippen LogP contribution in [0.2, 0.25) is 0 Å². The van der Waals surface area contributed by atoms with Crippen LogP contribution in [0.5, 0.6) is 5.75 Å². The van der Waals surface area contributed by atoms with Gasteiger partial charge in [0.05, 0.1) is 12.8 Å². The number of benzene rings is 1. The standard InChI is InChI=1S/C18H16F2N2O3S/c1-4-14(23)17-9(2)26-18-21-11(7-16(24)22(17)18)5-10-6-12(19)13(20)8-15(10)25-3/h6-8H,4-5H2,1-3H3. The fourth-order valence-electron chi connectivity index (χ4n) is 2.80. The Kier molecular flexibility index (Phi) is 4.86. The smallest absolute Gasteiger partial charge is 0.259 e. The first-order valence-electron chi connectivity index (χ1n) is 7.92. The summed E-state index contributed by atoms with van der Waals surface area (Å²) in [6.45, 7) is 3.49. The van der Waals surface area contributed by atoms with Gasteiger partial charge in [-0.2, -0.15) is 0 Å². The van der Waals surface area contributed by atoms with E-state index in [9.17, 15) is 18.4 Å². The zero-order valence-corrected chi connectivity index (χ0v) is 15.2. The van der Waals surface area contributed by atoms with E-state index >= 15 is 0 Å². The zero-order valence-electron chi connectivity index (χ0n) is 14.4. The fourth-order valence-corrected chi connectivity index (χ4v) is 3.81. The minimum absolute atomic E-state index is 0.0973. The van der Waals surface area contributed by atoms with Crippen LogP contribution in [0.3, 0.4) is 0 Å². The molecule has 0 bridgehead atoms. The third-order valence-corrected chi connectivity index (χ3v) is 4.98. The van der Waals surface area contributed by atoms with E-state index in [1.54, 1.807) is 13.8 Å². The molecule has 2 heterocycles. The Balaban J connectivity index is 2.10. The summed E-state index contributed by atoms with van der Waals surface area (Å²) in [5.74, 6) is -1.96. The molecule has 0 unspecified atom stereocenters. The lowest BCUT2D eigenvalue weighted by Gasteiger charge is -2.09. The lowest BCUT2D eigenvalue weighted by atomic mass is 10.1. The van der Waals surface area contributed by atoms with Gasteiger partial charge >= 0.3 is 0 Å². The van der Waals surface area contributed by atoms with Crippen molar-refractivity contribution in [2.45, 2.75) is 26.7 Å². The van der Waals surface area contributed by atoms with Crippen molar-refractivity contribution < 1.29 is 18.3 Å². The molecule has 2 aromatic heterocycles. The molecule has 5 nitrogen and oxygen atoms in total. The number of thiazole rings is 1. The topological polar surface area (TPSA) is 60.7 Å². The summed E-state index contributed by atoms with van der Waals surface area (Å²) < 4.78 is 33.3. The molecule has 0 radical (unpaired) electrons. The van der Waals surface area contributed by atoms with Gasteiger partial charge in [-0.25, -0.2) is 18.2 Å². The number of hydrogen-bond donors (Lipinski definition) is 0. The maximum atomic E-state index is 13.6. The number of hydrogen-bond acceptors (Lipinski definition) is 5. The van der Waals surface area contributed by atoms with E-state index in [2.05, 4.69) is 4.98 Å². The van der Waals surface area contributed by atoms with Crippen LogP contribution >= 0.6 is 11.3 Å². The number of carbonyl (C=O) groups excluding carboxylic acids is 1.